The monoisotopic (exact) mass is 1810 g/mol. The maximum absolute atomic E-state index is 2.57. The van der Waals surface area contributed by atoms with Crippen molar-refractivity contribution in [1.82, 2.24) is 0 Å². The van der Waals surface area contributed by atoms with Crippen molar-refractivity contribution in [3.05, 3.63) is 388 Å². The Balaban J connectivity index is 0.000000116. The molecule has 0 saturated heterocycles. The fourth-order valence-electron chi connectivity index (χ4n) is 28.4. The van der Waals surface area contributed by atoms with Crippen LogP contribution in [0.25, 0.3) is 55.6 Å². The molecule has 14 aromatic carbocycles. The van der Waals surface area contributed by atoms with E-state index in [1.54, 1.807) is 22.3 Å². The first-order chi connectivity index (χ1) is 68.1. The van der Waals surface area contributed by atoms with Crippen LogP contribution in [-0.2, 0) is 16.2 Å². The van der Waals surface area contributed by atoms with E-state index in [1.165, 1.54) is 408 Å². The lowest BCUT2D eigenvalue weighted by atomic mass is 9.68. The van der Waals surface area contributed by atoms with Crippen LogP contribution in [0.5, 0.6) is 0 Å². The third kappa shape index (κ3) is 18.0. The Labute approximate surface area is 826 Å². The van der Waals surface area contributed by atoms with E-state index in [2.05, 4.69) is 350 Å². The van der Waals surface area contributed by atoms with Gasteiger partial charge in [0.25, 0.3) is 0 Å². The highest BCUT2D eigenvalue weighted by atomic mass is 15.2. The van der Waals surface area contributed by atoms with Crippen molar-refractivity contribution in [3.8, 4) is 55.6 Å². The number of rotatable bonds is 17. The average molecular weight is 1810 g/mol. The minimum atomic E-state index is -0.0356. The summed E-state index contributed by atoms with van der Waals surface area (Å²) in [6, 6.07) is 125. The molecule has 0 radical (unpaired) electrons. The van der Waals surface area contributed by atoms with Gasteiger partial charge in [-0.3, -0.25) is 0 Å². The van der Waals surface area contributed by atoms with Crippen molar-refractivity contribution >= 4 is 51.2 Å². The lowest BCUT2D eigenvalue weighted by Crippen LogP contribution is -2.28. The highest BCUT2D eigenvalue weighted by molar-refractivity contribution is 5.90. The standard InChI is InChI=1S/C48H51N.C45H47N.C42H47N/c1-4-12-35(13-5-1)37-18-20-38(21-19-37)40-24-28-42(29-25-40)49(41-26-22-39(23-27-41)36-14-6-2-7-15-36)43-30-31-45-44-16-8-9-17-46(44)48(47(45)34-43)32-10-3-11-33-48;1-45(2)43-16-10-9-15-41(43)42-30-29-40(31-44(42)45)46(38-25-21-36(22-26-38)33-13-7-4-8-14-33)39-27-23-37(24-28-39)35-19-17-34(18-20-35)32-11-5-3-6-12-32;1-4-12-31(13-5-1)33-18-22-35(23-19-33)43(36-24-20-34(21-25-36)32-14-6-2-7-15-32)37-26-27-39-38-16-8-9-17-40(38)42(41(39)30-37)28-10-3-11-29-42/h8-9,16-31,34-36H,1-7,10-15,32-33H2;9-10,15-33H,3-8,11-14H2,1-2H3;8-9,16-27,30-32H,1-7,10-15,28-29H2. The Hall–Kier alpha value is -11.5. The summed E-state index contributed by atoms with van der Waals surface area (Å²) < 4.78 is 0. The summed E-state index contributed by atoms with van der Waals surface area (Å²) in [5.74, 6) is 4.37. The summed E-state index contributed by atoms with van der Waals surface area (Å²) in [5.41, 5.74) is 43.4. The molecule has 0 unspecified atom stereocenters. The summed E-state index contributed by atoms with van der Waals surface area (Å²) in [7, 11) is 0. The van der Waals surface area contributed by atoms with Crippen LogP contribution in [-0.4, -0.2) is 0 Å². The largest absolute Gasteiger partial charge is 0.310 e. The van der Waals surface area contributed by atoms with Gasteiger partial charge in [-0.05, 0) is 370 Å². The molecule has 14 aromatic rings. The van der Waals surface area contributed by atoms with Gasteiger partial charge >= 0.3 is 0 Å². The molecule has 8 saturated carbocycles. The maximum Gasteiger partial charge on any atom is 0.0465 e. The van der Waals surface area contributed by atoms with Gasteiger partial charge in [0.1, 0.15) is 0 Å². The zero-order valence-corrected chi connectivity index (χ0v) is 82.7. The molecule has 11 aliphatic rings. The summed E-state index contributed by atoms with van der Waals surface area (Å²) >= 11 is 0. The van der Waals surface area contributed by atoms with E-state index in [0.717, 1.165) is 23.7 Å². The first kappa shape index (κ1) is 90.3. The topological polar surface area (TPSA) is 9.72 Å². The van der Waals surface area contributed by atoms with Gasteiger partial charge in [-0.25, -0.2) is 0 Å². The third-order valence-corrected chi connectivity index (χ3v) is 36.1. The zero-order chi connectivity index (χ0) is 92.4. The van der Waals surface area contributed by atoms with Crippen LogP contribution in [0.15, 0.2) is 322 Å². The summed E-state index contributed by atoms with van der Waals surface area (Å²) in [6.45, 7) is 4.75. The SMILES string of the molecule is CC1(C)c2ccccc2-c2ccc(N(c3ccc(-c4ccc(C5CCCCC5)cc4)cc3)c3ccc(C4CCCCC4)cc3)cc21.c1ccc2c(c1)-c1ccc(N(c3ccc(-c4ccc(C5CCCCC5)cc4)cc3)c3ccc(C4CCCCC4)cc3)cc1C21CCCCC1.c1ccc2c(c1)-c1ccc(N(c3ccc(C4CCCCC4)cc3)c3ccc(C4CCCCC4)cc3)cc1C21CCCCC1. The van der Waals surface area contributed by atoms with E-state index < -0.39 is 0 Å². The van der Waals surface area contributed by atoms with Gasteiger partial charge in [0.15, 0.2) is 0 Å². The summed E-state index contributed by atoms with van der Waals surface area (Å²) in [6.07, 6.45) is 54.0. The molecule has 0 aliphatic heterocycles. The van der Waals surface area contributed by atoms with Crippen LogP contribution in [0.2, 0.25) is 0 Å². The van der Waals surface area contributed by atoms with Crippen molar-refractivity contribution in [2.24, 2.45) is 0 Å². The van der Waals surface area contributed by atoms with Crippen LogP contribution >= 0.6 is 0 Å². The second kappa shape index (κ2) is 40.4. The molecule has 0 bridgehead atoms. The Morgan fingerprint density at radius 3 is 0.623 bits per heavy atom. The minimum Gasteiger partial charge on any atom is -0.310 e. The Kier molecular flexibility index (Phi) is 26.4. The van der Waals surface area contributed by atoms with Crippen molar-refractivity contribution in [2.45, 2.75) is 322 Å². The first-order valence-electron chi connectivity index (χ1n) is 55.1. The minimum absolute atomic E-state index is 0.0356. The molecule has 25 rings (SSSR count). The highest BCUT2D eigenvalue weighted by Crippen LogP contribution is 2.61. The van der Waals surface area contributed by atoms with Crippen molar-refractivity contribution < 1.29 is 0 Å². The molecule has 0 aromatic heterocycles. The van der Waals surface area contributed by atoms with Gasteiger partial charge in [0.2, 0.25) is 0 Å². The molecule has 138 heavy (non-hydrogen) atoms. The quantitative estimate of drug-likeness (QED) is 0.0900. The number of nitrogens with zero attached hydrogens (tertiary/aromatic N) is 3. The molecule has 2 spiro atoms. The third-order valence-electron chi connectivity index (χ3n) is 36.1. The first-order valence-corrected chi connectivity index (χ1v) is 55.1. The van der Waals surface area contributed by atoms with Gasteiger partial charge in [-0.15, -0.1) is 0 Å². The number of benzene rings is 14. The van der Waals surface area contributed by atoms with E-state index >= 15 is 0 Å². The molecular formula is C135H145N3. The normalized spacial score (nSPS) is 18.9. The summed E-state index contributed by atoms with van der Waals surface area (Å²) in [5, 5.41) is 0. The van der Waals surface area contributed by atoms with Crippen molar-refractivity contribution in [2.75, 3.05) is 14.7 Å². The second-order valence-corrected chi connectivity index (χ2v) is 44.5. The molecule has 3 heteroatoms. The number of fused-ring (bicyclic) bond motifs is 13. The smallest absolute Gasteiger partial charge is 0.0465 e. The van der Waals surface area contributed by atoms with Gasteiger partial charge in [0, 0.05) is 67.4 Å². The lowest BCUT2D eigenvalue weighted by Gasteiger charge is -2.36. The molecule has 700 valence electrons. The fraction of sp³-hybridized carbons (Fsp3) is 0.378. The van der Waals surface area contributed by atoms with Crippen molar-refractivity contribution in [3.63, 3.8) is 0 Å². The van der Waals surface area contributed by atoms with E-state index in [-0.39, 0.29) is 16.2 Å². The predicted octanol–water partition coefficient (Wildman–Crippen LogP) is 39.9. The molecule has 3 nitrogen and oxygen atoms in total. The summed E-state index contributed by atoms with van der Waals surface area (Å²) in [4.78, 5) is 7.51. The average Bonchev–Trinajstić information content (AvgIpc) is 1.56. The van der Waals surface area contributed by atoms with Gasteiger partial charge in [-0.1, -0.05) is 380 Å². The van der Waals surface area contributed by atoms with Crippen LogP contribution in [0.1, 0.15) is 373 Å². The molecule has 8 fully saturated rings. The zero-order valence-electron chi connectivity index (χ0n) is 82.7. The molecule has 0 amide bonds. The van der Waals surface area contributed by atoms with Gasteiger partial charge < -0.3 is 14.7 Å². The number of anilines is 9. The van der Waals surface area contributed by atoms with Crippen LogP contribution < -0.4 is 14.7 Å². The second-order valence-electron chi connectivity index (χ2n) is 44.5. The van der Waals surface area contributed by atoms with Crippen LogP contribution in [0.3, 0.4) is 0 Å². The number of hydrogen-bond acceptors (Lipinski definition) is 3. The van der Waals surface area contributed by atoms with Crippen LogP contribution in [0, 0.1) is 0 Å². The van der Waals surface area contributed by atoms with Crippen molar-refractivity contribution in [1.29, 1.82) is 0 Å². The molecule has 0 atom stereocenters. The predicted molar refractivity (Wildman–Crippen MR) is 585 cm³/mol. The van der Waals surface area contributed by atoms with Gasteiger partial charge in [0.05, 0.1) is 0 Å². The highest BCUT2D eigenvalue weighted by Gasteiger charge is 2.46. The number of hydrogen-bond donors (Lipinski definition) is 0. The van der Waals surface area contributed by atoms with E-state index in [0.29, 0.717) is 11.8 Å². The van der Waals surface area contributed by atoms with E-state index in [9.17, 15) is 0 Å². The fourth-order valence-corrected chi connectivity index (χ4v) is 28.4. The molecular weight excluding hydrogens is 1660 g/mol. The Morgan fingerprint density at radius 2 is 0.355 bits per heavy atom. The van der Waals surface area contributed by atoms with E-state index in [4.69, 9.17) is 0 Å². The van der Waals surface area contributed by atoms with Crippen LogP contribution in [0.4, 0.5) is 51.2 Å². The van der Waals surface area contributed by atoms with E-state index in [1.807, 2.05) is 0 Å². The van der Waals surface area contributed by atoms with Gasteiger partial charge in [-0.2, -0.15) is 0 Å². The molecule has 0 N–H and O–H groups in total. The Morgan fingerprint density at radius 1 is 0.167 bits per heavy atom. The molecule has 11 aliphatic carbocycles. The lowest BCUT2D eigenvalue weighted by molar-refractivity contribution is 0.353. The maximum atomic E-state index is 2.57. The Bertz CT molecular complexity index is 6420. The molecule has 0 heterocycles.